The van der Waals surface area contributed by atoms with E-state index in [1.807, 2.05) is 0 Å². The van der Waals surface area contributed by atoms with Gasteiger partial charge in [0.05, 0.1) is 12.1 Å². The average molecular weight is 270 g/mol. The normalized spacial score (nSPS) is 18.2. The maximum absolute atomic E-state index is 11.4. The van der Waals surface area contributed by atoms with Crippen molar-refractivity contribution in [2.24, 2.45) is 0 Å². The van der Waals surface area contributed by atoms with Gasteiger partial charge in [0.2, 0.25) is 0 Å². The first-order chi connectivity index (χ1) is 8.52. The van der Waals surface area contributed by atoms with Crippen LogP contribution in [0.25, 0.3) is 0 Å². The van der Waals surface area contributed by atoms with Crippen LogP contribution in [0.4, 0.5) is 4.79 Å². The molecule has 2 atom stereocenters. The van der Waals surface area contributed by atoms with Gasteiger partial charge in [-0.15, -0.1) is 0 Å². The minimum Gasteiger partial charge on any atom is -0.465 e. The van der Waals surface area contributed by atoms with Crippen LogP contribution in [0, 0.1) is 0 Å². The van der Waals surface area contributed by atoms with E-state index in [4.69, 9.17) is 11.6 Å². The summed E-state index contributed by atoms with van der Waals surface area (Å²) >= 11 is 6.11. The van der Waals surface area contributed by atoms with E-state index in [-0.39, 0.29) is 6.04 Å². The highest BCUT2D eigenvalue weighted by atomic mass is 35.5. The zero-order valence-corrected chi connectivity index (χ0v) is 10.8. The van der Waals surface area contributed by atoms with E-state index in [0.717, 1.165) is 12.8 Å². The molecule has 0 heterocycles. The number of nitrogens with zero attached hydrogens (tertiary/aromatic N) is 1. The molecule has 2 rings (SSSR count). The molecule has 2 unspecified atom stereocenters. The second-order valence-corrected chi connectivity index (χ2v) is 5.04. The minimum atomic E-state index is -1.01. The van der Waals surface area contributed by atoms with Crippen LogP contribution in [-0.2, 0) is 0 Å². The van der Waals surface area contributed by atoms with E-state index in [2.05, 4.69) is 0 Å². The number of carboxylic acid groups (broad SMARTS) is 1. The topological polar surface area (TPSA) is 60.8 Å². The van der Waals surface area contributed by atoms with Crippen LogP contribution in [0.1, 0.15) is 31.4 Å². The molecule has 0 aromatic heterocycles. The number of benzene rings is 1. The first-order valence-electron chi connectivity index (χ1n) is 5.96. The molecule has 1 fully saturated rings. The summed E-state index contributed by atoms with van der Waals surface area (Å²) in [5.74, 6) is 0. The van der Waals surface area contributed by atoms with Crippen molar-refractivity contribution in [3.05, 3.63) is 34.9 Å². The van der Waals surface area contributed by atoms with Crippen LogP contribution in [0.2, 0.25) is 5.02 Å². The van der Waals surface area contributed by atoms with Gasteiger partial charge in [0, 0.05) is 11.1 Å². The Hall–Kier alpha value is -1.26. The number of halogens is 1. The summed E-state index contributed by atoms with van der Waals surface area (Å²) in [7, 11) is 0. The van der Waals surface area contributed by atoms with Gasteiger partial charge >= 0.3 is 6.09 Å². The van der Waals surface area contributed by atoms with Crippen molar-refractivity contribution >= 4 is 17.7 Å². The van der Waals surface area contributed by atoms with Gasteiger partial charge in [0.25, 0.3) is 0 Å². The lowest BCUT2D eigenvalue weighted by molar-refractivity contribution is 0.0527. The predicted molar refractivity (Wildman–Crippen MR) is 68.8 cm³/mol. The molecule has 4 nitrogen and oxygen atoms in total. The summed E-state index contributed by atoms with van der Waals surface area (Å²) in [6.07, 6.45) is -0.120. The molecule has 1 aliphatic carbocycles. The third-order valence-electron chi connectivity index (χ3n) is 3.14. The van der Waals surface area contributed by atoms with Gasteiger partial charge in [-0.2, -0.15) is 0 Å². The lowest BCUT2D eigenvalue weighted by atomic mass is 10.0. The van der Waals surface area contributed by atoms with Gasteiger partial charge in [-0.1, -0.05) is 29.8 Å². The highest BCUT2D eigenvalue weighted by Gasteiger charge is 2.40. The van der Waals surface area contributed by atoms with E-state index < -0.39 is 18.2 Å². The summed E-state index contributed by atoms with van der Waals surface area (Å²) in [4.78, 5) is 12.7. The minimum absolute atomic E-state index is 0.00151. The Morgan fingerprint density at radius 3 is 2.50 bits per heavy atom. The first-order valence-corrected chi connectivity index (χ1v) is 6.34. The molecule has 1 aromatic carbocycles. The van der Waals surface area contributed by atoms with Crippen LogP contribution in [-0.4, -0.2) is 33.4 Å². The fraction of sp³-hybridized carbons (Fsp3) is 0.462. The number of aliphatic hydroxyl groups is 1. The van der Waals surface area contributed by atoms with Gasteiger partial charge in [0.1, 0.15) is 0 Å². The average Bonchev–Trinajstić information content (AvgIpc) is 3.10. The van der Waals surface area contributed by atoms with E-state index >= 15 is 0 Å². The van der Waals surface area contributed by atoms with E-state index in [0.29, 0.717) is 10.6 Å². The molecule has 0 bridgehead atoms. The van der Waals surface area contributed by atoms with Crippen molar-refractivity contribution in [2.45, 2.75) is 38.0 Å². The molecule has 1 aliphatic rings. The van der Waals surface area contributed by atoms with Gasteiger partial charge in [-0.05, 0) is 31.4 Å². The van der Waals surface area contributed by atoms with Crippen molar-refractivity contribution in [3.8, 4) is 0 Å². The lowest BCUT2D eigenvalue weighted by Crippen LogP contribution is -2.40. The highest BCUT2D eigenvalue weighted by Crippen LogP contribution is 2.38. The molecule has 1 aromatic rings. The van der Waals surface area contributed by atoms with E-state index in [1.165, 1.54) is 4.90 Å². The third-order valence-corrected chi connectivity index (χ3v) is 3.49. The molecule has 1 amide bonds. The fourth-order valence-electron chi connectivity index (χ4n) is 2.21. The quantitative estimate of drug-likeness (QED) is 0.883. The van der Waals surface area contributed by atoms with E-state index in [9.17, 15) is 15.0 Å². The Morgan fingerprint density at radius 2 is 2.06 bits per heavy atom. The van der Waals surface area contributed by atoms with Crippen LogP contribution < -0.4 is 0 Å². The Balaban J connectivity index is 2.38. The smallest absolute Gasteiger partial charge is 0.408 e. The molecule has 0 aliphatic heterocycles. The largest absolute Gasteiger partial charge is 0.465 e. The molecule has 5 heteroatoms. The zero-order chi connectivity index (χ0) is 13.3. The first kappa shape index (κ1) is 13.2. The Morgan fingerprint density at radius 1 is 1.44 bits per heavy atom. The second-order valence-electron chi connectivity index (χ2n) is 4.63. The SMILES string of the molecule is CC(O)C(c1ccccc1Cl)N(C(=O)O)C1CC1. The van der Waals surface area contributed by atoms with Crippen molar-refractivity contribution < 1.29 is 15.0 Å². The summed E-state index contributed by atoms with van der Waals surface area (Å²) in [5.41, 5.74) is 0.656. The maximum atomic E-state index is 11.4. The summed E-state index contributed by atoms with van der Waals surface area (Å²) in [6.45, 7) is 1.59. The highest BCUT2D eigenvalue weighted by molar-refractivity contribution is 6.31. The molecular formula is C13H16ClNO3. The lowest BCUT2D eigenvalue weighted by Gasteiger charge is -2.32. The Kier molecular flexibility index (Phi) is 3.78. The van der Waals surface area contributed by atoms with E-state index in [1.54, 1.807) is 31.2 Å². The van der Waals surface area contributed by atoms with Gasteiger partial charge in [0.15, 0.2) is 0 Å². The Labute approximate surface area is 111 Å². The van der Waals surface area contributed by atoms with Crippen molar-refractivity contribution in [2.75, 3.05) is 0 Å². The van der Waals surface area contributed by atoms with Crippen molar-refractivity contribution in [3.63, 3.8) is 0 Å². The molecule has 18 heavy (non-hydrogen) atoms. The van der Waals surface area contributed by atoms with Gasteiger partial charge in [-0.25, -0.2) is 4.79 Å². The molecule has 0 saturated heterocycles. The number of carbonyl (C=O) groups is 1. The van der Waals surface area contributed by atoms with Crippen molar-refractivity contribution in [1.29, 1.82) is 0 Å². The van der Waals surface area contributed by atoms with Crippen LogP contribution >= 0.6 is 11.6 Å². The van der Waals surface area contributed by atoms with Gasteiger partial charge < -0.3 is 10.2 Å². The zero-order valence-electron chi connectivity index (χ0n) is 10.1. The summed E-state index contributed by atoms with van der Waals surface area (Å²) in [5, 5.41) is 19.7. The number of amides is 1. The van der Waals surface area contributed by atoms with Crippen molar-refractivity contribution in [1.82, 2.24) is 4.90 Å². The summed E-state index contributed by atoms with van der Waals surface area (Å²) in [6, 6.07) is 6.44. The number of hydrogen-bond acceptors (Lipinski definition) is 2. The maximum Gasteiger partial charge on any atom is 0.408 e. The third kappa shape index (κ3) is 2.60. The second kappa shape index (κ2) is 5.16. The van der Waals surface area contributed by atoms with Crippen LogP contribution in [0.15, 0.2) is 24.3 Å². The monoisotopic (exact) mass is 269 g/mol. The number of aliphatic hydroxyl groups excluding tert-OH is 1. The molecule has 98 valence electrons. The Bertz CT molecular complexity index is 446. The predicted octanol–water partition coefficient (Wildman–Crippen LogP) is 2.90. The molecular weight excluding hydrogens is 254 g/mol. The number of rotatable bonds is 4. The van der Waals surface area contributed by atoms with Crippen LogP contribution in [0.3, 0.4) is 0 Å². The standard InChI is InChI=1S/C13H16ClNO3/c1-8(16)12(10-4-2-3-5-11(10)14)15(13(17)18)9-6-7-9/h2-5,8-9,12,16H,6-7H2,1H3,(H,17,18). The molecule has 2 N–H and O–H groups in total. The van der Waals surface area contributed by atoms with Gasteiger partial charge in [-0.3, -0.25) is 4.90 Å². The summed E-state index contributed by atoms with van der Waals surface area (Å²) < 4.78 is 0. The molecule has 1 saturated carbocycles. The molecule has 0 radical (unpaired) electrons. The van der Waals surface area contributed by atoms with Crippen LogP contribution in [0.5, 0.6) is 0 Å². The fourth-order valence-corrected chi connectivity index (χ4v) is 2.46. The molecule has 0 spiro atoms. The number of hydrogen-bond donors (Lipinski definition) is 2.